The van der Waals surface area contributed by atoms with Crippen molar-refractivity contribution in [3.63, 3.8) is 0 Å². The standard InChI is InChI=1S/C19H33NO/c1-15(2)20-13-16(3)18-9-7-17(8-10-18)14-21-12-11-19(4,5)6/h7-10,15-16,20H,11-14H2,1-6H3. The molecule has 0 aliphatic carbocycles. The Bertz CT molecular complexity index is 389. The van der Waals surface area contributed by atoms with Gasteiger partial charge in [0.25, 0.3) is 0 Å². The van der Waals surface area contributed by atoms with E-state index in [2.05, 4.69) is 71.1 Å². The van der Waals surface area contributed by atoms with E-state index in [0.717, 1.165) is 26.2 Å². The summed E-state index contributed by atoms with van der Waals surface area (Å²) in [6.07, 6.45) is 1.10. The minimum atomic E-state index is 0.350. The molecule has 0 amide bonds. The Morgan fingerprint density at radius 1 is 1.05 bits per heavy atom. The first kappa shape index (κ1) is 18.2. The van der Waals surface area contributed by atoms with E-state index in [1.165, 1.54) is 11.1 Å². The van der Waals surface area contributed by atoms with Gasteiger partial charge in [-0.3, -0.25) is 0 Å². The summed E-state index contributed by atoms with van der Waals surface area (Å²) in [5, 5.41) is 3.49. The molecule has 1 aromatic rings. The molecule has 0 saturated heterocycles. The quantitative estimate of drug-likeness (QED) is 0.698. The lowest BCUT2D eigenvalue weighted by Gasteiger charge is -2.18. The second kappa shape index (κ2) is 8.55. The van der Waals surface area contributed by atoms with Gasteiger partial charge in [0.05, 0.1) is 6.61 Å². The van der Waals surface area contributed by atoms with Crippen LogP contribution in [0.5, 0.6) is 0 Å². The first-order valence-corrected chi connectivity index (χ1v) is 8.18. The van der Waals surface area contributed by atoms with Crippen LogP contribution in [0.3, 0.4) is 0 Å². The van der Waals surface area contributed by atoms with Gasteiger partial charge in [0.2, 0.25) is 0 Å². The molecule has 0 aromatic heterocycles. The third-order valence-electron chi connectivity index (χ3n) is 3.65. The van der Waals surface area contributed by atoms with Gasteiger partial charge in [-0.25, -0.2) is 0 Å². The Morgan fingerprint density at radius 3 is 2.19 bits per heavy atom. The van der Waals surface area contributed by atoms with E-state index in [0.29, 0.717) is 17.4 Å². The number of ether oxygens (including phenoxy) is 1. The normalized spacial score (nSPS) is 13.7. The van der Waals surface area contributed by atoms with Gasteiger partial charge in [-0.05, 0) is 28.9 Å². The summed E-state index contributed by atoms with van der Waals surface area (Å²) in [5.41, 5.74) is 3.00. The van der Waals surface area contributed by atoms with Crippen molar-refractivity contribution >= 4 is 0 Å². The molecule has 120 valence electrons. The zero-order chi connectivity index (χ0) is 15.9. The first-order chi connectivity index (χ1) is 9.78. The lowest BCUT2D eigenvalue weighted by molar-refractivity contribution is 0.0962. The van der Waals surface area contributed by atoms with E-state index >= 15 is 0 Å². The monoisotopic (exact) mass is 291 g/mol. The number of rotatable bonds is 8. The summed E-state index contributed by atoms with van der Waals surface area (Å²) in [4.78, 5) is 0. The van der Waals surface area contributed by atoms with E-state index < -0.39 is 0 Å². The Hall–Kier alpha value is -0.860. The van der Waals surface area contributed by atoms with Crippen molar-refractivity contribution in [1.29, 1.82) is 0 Å². The van der Waals surface area contributed by atoms with E-state index in [4.69, 9.17) is 4.74 Å². The fourth-order valence-corrected chi connectivity index (χ4v) is 2.04. The van der Waals surface area contributed by atoms with Gasteiger partial charge in [-0.1, -0.05) is 65.8 Å². The maximum absolute atomic E-state index is 5.76. The van der Waals surface area contributed by atoms with Crippen molar-refractivity contribution in [3.05, 3.63) is 35.4 Å². The smallest absolute Gasteiger partial charge is 0.0716 e. The summed E-state index contributed by atoms with van der Waals surface area (Å²) < 4.78 is 5.76. The van der Waals surface area contributed by atoms with E-state index in [1.807, 2.05) is 0 Å². The van der Waals surface area contributed by atoms with Gasteiger partial charge in [0.1, 0.15) is 0 Å². The highest BCUT2D eigenvalue weighted by Crippen LogP contribution is 2.19. The molecule has 1 aromatic carbocycles. The molecule has 2 heteroatoms. The van der Waals surface area contributed by atoms with Crippen molar-refractivity contribution in [3.8, 4) is 0 Å². The summed E-state index contributed by atoms with van der Waals surface area (Å²) in [7, 11) is 0. The highest BCUT2D eigenvalue weighted by atomic mass is 16.5. The Morgan fingerprint density at radius 2 is 1.67 bits per heavy atom. The molecule has 0 saturated carbocycles. The number of benzene rings is 1. The van der Waals surface area contributed by atoms with Crippen LogP contribution >= 0.6 is 0 Å². The third kappa shape index (κ3) is 8.23. The maximum atomic E-state index is 5.76. The highest BCUT2D eigenvalue weighted by Gasteiger charge is 2.09. The Labute approximate surface area is 131 Å². The van der Waals surface area contributed by atoms with Crippen LogP contribution in [0.2, 0.25) is 0 Å². The van der Waals surface area contributed by atoms with E-state index in [1.54, 1.807) is 0 Å². The second-order valence-corrected chi connectivity index (χ2v) is 7.57. The zero-order valence-electron chi connectivity index (χ0n) is 14.7. The predicted octanol–water partition coefficient (Wildman–Crippen LogP) is 4.74. The van der Waals surface area contributed by atoms with Crippen molar-refractivity contribution in [2.75, 3.05) is 13.2 Å². The third-order valence-corrected chi connectivity index (χ3v) is 3.65. The molecular weight excluding hydrogens is 258 g/mol. The topological polar surface area (TPSA) is 21.3 Å². The molecule has 1 rings (SSSR count). The van der Waals surface area contributed by atoms with Gasteiger partial charge in [0, 0.05) is 19.2 Å². The summed E-state index contributed by atoms with van der Waals surface area (Å²) in [5.74, 6) is 0.545. The molecular formula is C19H33NO. The van der Waals surface area contributed by atoms with Crippen LogP contribution in [0.15, 0.2) is 24.3 Å². The van der Waals surface area contributed by atoms with E-state index in [9.17, 15) is 0 Å². The fourth-order valence-electron chi connectivity index (χ4n) is 2.04. The van der Waals surface area contributed by atoms with Crippen LogP contribution in [0.25, 0.3) is 0 Å². The molecule has 1 N–H and O–H groups in total. The van der Waals surface area contributed by atoms with Crippen molar-refractivity contribution < 1.29 is 4.74 Å². The molecule has 0 aliphatic rings. The van der Waals surface area contributed by atoms with Crippen molar-refractivity contribution in [1.82, 2.24) is 5.32 Å². The van der Waals surface area contributed by atoms with Crippen LogP contribution in [0.4, 0.5) is 0 Å². The van der Waals surface area contributed by atoms with Crippen molar-refractivity contribution in [2.45, 2.75) is 66.5 Å². The highest BCUT2D eigenvalue weighted by molar-refractivity contribution is 5.24. The first-order valence-electron chi connectivity index (χ1n) is 8.18. The predicted molar refractivity (Wildman–Crippen MR) is 91.7 cm³/mol. The SMILES string of the molecule is CC(C)NCC(C)c1ccc(COCCC(C)(C)C)cc1. The van der Waals surface area contributed by atoms with Crippen LogP contribution in [0.1, 0.15) is 65.0 Å². The minimum absolute atomic E-state index is 0.350. The molecule has 0 aliphatic heterocycles. The number of nitrogens with one attached hydrogen (secondary N) is 1. The largest absolute Gasteiger partial charge is 0.377 e. The Balaban J connectivity index is 2.36. The van der Waals surface area contributed by atoms with Gasteiger partial charge in [-0.15, -0.1) is 0 Å². The fraction of sp³-hybridized carbons (Fsp3) is 0.684. The lowest BCUT2D eigenvalue weighted by atomic mass is 9.93. The van der Waals surface area contributed by atoms with Crippen molar-refractivity contribution in [2.24, 2.45) is 5.41 Å². The molecule has 21 heavy (non-hydrogen) atoms. The summed E-state index contributed by atoms with van der Waals surface area (Å²) in [6, 6.07) is 9.39. The molecule has 0 bridgehead atoms. The zero-order valence-corrected chi connectivity index (χ0v) is 14.7. The van der Waals surface area contributed by atoms with Gasteiger partial charge in [-0.2, -0.15) is 0 Å². The molecule has 0 spiro atoms. The summed E-state index contributed by atoms with van der Waals surface area (Å²) >= 11 is 0. The molecule has 2 nitrogen and oxygen atoms in total. The van der Waals surface area contributed by atoms with Gasteiger partial charge < -0.3 is 10.1 Å². The molecule has 0 fully saturated rings. The molecule has 1 unspecified atom stereocenters. The number of hydrogen-bond donors (Lipinski definition) is 1. The average Bonchev–Trinajstić information content (AvgIpc) is 2.40. The summed E-state index contributed by atoms with van der Waals surface area (Å²) in [6.45, 7) is 16.0. The van der Waals surface area contributed by atoms with Crippen LogP contribution < -0.4 is 5.32 Å². The second-order valence-electron chi connectivity index (χ2n) is 7.57. The van der Waals surface area contributed by atoms with Crippen LogP contribution in [0, 0.1) is 5.41 Å². The van der Waals surface area contributed by atoms with Gasteiger partial charge >= 0.3 is 0 Å². The molecule has 0 heterocycles. The molecule has 0 radical (unpaired) electrons. The van der Waals surface area contributed by atoms with Crippen LogP contribution in [-0.4, -0.2) is 19.2 Å². The lowest BCUT2D eigenvalue weighted by Crippen LogP contribution is -2.26. The molecule has 1 atom stereocenters. The average molecular weight is 291 g/mol. The van der Waals surface area contributed by atoms with E-state index in [-0.39, 0.29) is 0 Å². The maximum Gasteiger partial charge on any atom is 0.0716 e. The van der Waals surface area contributed by atoms with Gasteiger partial charge in [0.15, 0.2) is 0 Å². The Kier molecular flexibility index (Phi) is 7.41. The minimum Gasteiger partial charge on any atom is -0.377 e. The number of hydrogen-bond acceptors (Lipinski definition) is 2. The van der Waals surface area contributed by atoms with Crippen LogP contribution in [-0.2, 0) is 11.3 Å².